The molecular weight excluding hydrogens is 286 g/mol. The second-order valence-corrected chi connectivity index (χ2v) is 5.70. The van der Waals surface area contributed by atoms with E-state index in [0.717, 1.165) is 18.9 Å². The van der Waals surface area contributed by atoms with Gasteiger partial charge in [-0.25, -0.2) is 8.78 Å². The van der Waals surface area contributed by atoms with Crippen LogP contribution >= 0.6 is 0 Å². The Labute approximate surface area is 126 Å². The Morgan fingerprint density at radius 2 is 1.86 bits per heavy atom. The van der Waals surface area contributed by atoms with E-state index in [-0.39, 0.29) is 17.5 Å². The summed E-state index contributed by atoms with van der Waals surface area (Å²) < 4.78 is 27.3. The Morgan fingerprint density at radius 1 is 1.09 bits per heavy atom. The molecule has 22 heavy (non-hydrogen) atoms. The lowest BCUT2D eigenvalue weighted by molar-refractivity contribution is 0.0663. The molecule has 1 aliphatic carbocycles. The molecule has 0 saturated heterocycles. The van der Waals surface area contributed by atoms with E-state index in [2.05, 4.69) is 5.32 Å². The first-order valence-corrected chi connectivity index (χ1v) is 7.28. The van der Waals surface area contributed by atoms with Gasteiger partial charge >= 0.3 is 0 Å². The monoisotopic (exact) mass is 300 g/mol. The highest BCUT2D eigenvalue weighted by atomic mass is 19.1. The number of anilines is 1. The van der Waals surface area contributed by atoms with Crippen molar-refractivity contribution in [1.82, 2.24) is 4.90 Å². The minimum atomic E-state index is -0.643. The van der Waals surface area contributed by atoms with E-state index in [4.69, 9.17) is 0 Å². The molecule has 1 saturated carbocycles. The molecular formula is C17H14F2N2O. The summed E-state index contributed by atoms with van der Waals surface area (Å²) in [5.41, 5.74) is 1.56. The average molecular weight is 300 g/mol. The summed E-state index contributed by atoms with van der Waals surface area (Å²) in [5.74, 6) is -1.37. The molecule has 1 N–H and O–H groups in total. The van der Waals surface area contributed by atoms with Crippen molar-refractivity contribution in [3.05, 3.63) is 65.2 Å². The van der Waals surface area contributed by atoms with Gasteiger partial charge in [0.05, 0.1) is 5.56 Å². The van der Waals surface area contributed by atoms with E-state index in [1.54, 1.807) is 17.0 Å². The summed E-state index contributed by atoms with van der Waals surface area (Å²) >= 11 is 0. The number of amides is 1. The van der Waals surface area contributed by atoms with Gasteiger partial charge in [-0.3, -0.25) is 4.79 Å². The molecule has 0 radical (unpaired) electrons. The molecule has 1 amide bonds. The van der Waals surface area contributed by atoms with Gasteiger partial charge in [0.1, 0.15) is 17.8 Å². The second kappa shape index (κ2) is 4.80. The molecule has 2 aromatic carbocycles. The van der Waals surface area contributed by atoms with Gasteiger partial charge in [0.25, 0.3) is 5.91 Å². The summed E-state index contributed by atoms with van der Waals surface area (Å²) in [6.07, 6.45) is 1.22. The number of nitrogens with one attached hydrogen (secondary N) is 1. The van der Waals surface area contributed by atoms with E-state index in [1.807, 2.05) is 12.1 Å². The minimum Gasteiger partial charge on any atom is -0.361 e. The van der Waals surface area contributed by atoms with Crippen molar-refractivity contribution < 1.29 is 13.6 Å². The topological polar surface area (TPSA) is 32.3 Å². The van der Waals surface area contributed by atoms with E-state index in [1.165, 1.54) is 12.1 Å². The fourth-order valence-corrected chi connectivity index (χ4v) is 2.95. The molecule has 5 heteroatoms. The van der Waals surface area contributed by atoms with Gasteiger partial charge in [-0.05, 0) is 37.1 Å². The predicted molar refractivity (Wildman–Crippen MR) is 78.4 cm³/mol. The Hall–Kier alpha value is -2.43. The van der Waals surface area contributed by atoms with Crippen LogP contribution in [0.25, 0.3) is 0 Å². The maximum absolute atomic E-state index is 14.2. The summed E-state index contributed by atoms with van der Waals surface area (Å²) in [6.45, 7) is 0. The molecule has 1 fully saturated rings. The number of carbonyl (C=O) groups excluding carboxylic acids is 1. The Balaban J connectivity index is 1.82. The van der Waals surface area contributed by atoms with Crippen molar-refractivity contribution in [2.45, 2.75) is 25.0 Å². The van der Waals surface area contributed by atoms with Crippen LogP contribution in [0.2, 0.25) is 0 Å². The molecule has 4 rings (SSSR count). The number of benzene rings is 2. The highest BCUT2D eigenvalue weighted by Crippen LogP contribution is 2.41. The van der Waals surface area contributed by atoms with Crippen molar-refractivity contribution in [2.24, 2.45) is 0 Å². The minimum absolute atomic E-state index is 0.106. The SMILES string of the molecule is O=C1c2ccccc2N[C@H](c2ccc(F)cc2F)N1C1CC1. The largest absolute Gasteiger partial charge is 0.361 e. The van der Waals surface area contributed by atoms with Crippen molar-refractivity contribution in [1.29, 1.82) is 0 Å². The number of halogens is 2. The highest BCUT2D eigenvalue weighted by molar-refractivity contribution is 6.02. The number of hydrogen-bond donors (Lipinski definition) is 1. The van der Waals surface area contributed by atoms with Crippen LogP contribution in [0.15, 0.2) is 42.5 Å². The molecule has 0 unspecified atom stereocenters. The van der Waals surface area contributed by atoms with Crippen molar-refractivity contribution in [3.63, 3.8) is 0 Å². The number of nitrogens with zero attached hydrogens (tertiary/aromatic N) is 1. The maximum atomic E-state index is 14.2. The van der Waals surface area contributed by atoms with Crippen LogP contribution in [0.3, 0.4) is 0 Å². The number of para-hydroxylation sites is 1. The number of fused-ring (bicyclic) bond motifs is 1. The molecule has 0 bridgehead atoms. The Kier molecular flexibility index (Phi) is 2.89. The highest BCUT2D eigenvalue weighted by Gasteiger charge is 2.42. The molecule has 0 aromatic heterocycles. The standard InChI is InChI=1S/C17H14F2N2O/c18-10-5-8-12(14(19)9-10)16-20-15-4-2-1-3-13(15)17(22)21(16)11-6-7-11/h1-5,8-9,11,16,20H,6-7H2/t16-/m0/s1. The van der Waals surface area contributed by atoms with Gasteiger partial charge in [-0.15, -0.1) is 0 Å². The quantitative estimate of drug-likeness (QED) is 0.917. The number of rotatable bonds is 2. The third-order valence-corrected chi connectivity index (χ3v) is 4.16. The lowest BCUT2D eigenvalue weighted by Gasteiger charge is -2.38. The molecule has 2 aromatic rings. The van der Waals surface area contributed by atoms with Gasteiger partial charge in [0, 0.05) is 23.4 Å². The van der Waals surface area contributed by atoms with Crippen LogP contribution in [0.1, 0.15) is 34.9 Å². The first kappa shape index (κ1) is 13.2. The van der Waals surface area contributed by atoms with E-state index < -0.39 is 17.8 Å². The first-order valence-electron chi connectivity index (χ1n) is 7.28. The van der Waals surface area contributed by atoms with Gasteiger partial charge in [0.2, 0.25) is 0 Å². The lowest BCUT2D eigenvalue weighted by Crippen LogP contribution is -2.44. The third-order valence-electron chi connectivity index (χ3n) is 4.16. The zero-order valence-electron chi connectivity index (χ0n) is 11.7. The molecule has 1 heterocycles. The van der Waals surface area contributed by atoms with Crippen molar-refractivity contribution in [3.8, 4) is 0 Å². The summed E-state index contributed by atoms with van der Waals surface area (Å²) in [4.78, 5) is 14.4. The van der Waals surface area contributed by atoms with E-state index in [0.29, 0.717) is 11.3 Å². The predicted octanol–water partition coefficient (Wildman–Crippen LogP) is 3.69. The van der Waals surface area contributed by atoms with Crippen LogP contribution in [0.5, 0.6) is 0 Å². The normalized spacial score (nSPS) is 20.5. The molecule has 1 atom stereocenters. The van der Waals surface area contributed by atoms with Crippen LogP contribution < -0.4 is 5.32 Å². The smallest absolute Gasteiger partial charge is 0.258 e. The number of carbonyl (C=O) groups is 1. The summed E-state index contributed by atoms with van der Waals surface area (Å²) in [6, 6.07) is 10.8. The first-order chi connectivity index (χ1) is 10.6. The second-order valence-electron chi connectivity index (χ2n) is 5.70. The Bertz CT molecular complexity index is 758. The van der Waals surface area contributed by atoms with Crippen molar-refractivity contribution >= 4 is 11.6 Å². The fourth-order valence-electron chi connectivity index (χ4n) is 2.95. The van der Waals surface area contributed by atoms with Crippen LogP contribution in [0.4, 0.5) is 14.5 Å². The number of hydrogen-bond acceptors (Lipinski definition) is 2. The van der Waals surface area contributed by atoms with Crippen LogP contribution in [0, 0.1) is 11.6 Å². The van der Waals surface area contributed by atoms with Gasteiger partial charge in [0.15, 0.2) is 0 Å². The Morgan fingerprint density at radius 3 is 2.59 bits per heavy atom. The molecule has 0 spiro atoms. The van der Waals surface area contributed by atoms with Gasteiger partial charge in [-0.1, -0.05) is 12.1 Å². The van der Waals surface area contributed by atoms with Crippen LogP contribution in [-0.4, -0.2) is 16.8 Å². The van der Waals surface area contributed by atoms with E-state index >= 15 is 0 Å². The van der Waals surface area contributed by atoms with Gasteiger partial charge < -0.3 is 10.2 Å². The third kappa shape index (κ3) is 2.04. The van der Waals surface area contributed by atoms with E-state index in [9.17, 15) is 13.6 Å². The fraction of sp³-hybridized carbons (Fsp3) is 0.235. The average Bonchev–Trinajstić information content (AvgIpc) is 3.32. The lowest BCUT2D eigenvalue weighted by atomic mass is 10.0. The molecule has 3 nitrogen and oxygen atoms in total. The summed E-state index contributed by atoms with van der Waals surface area (Å²) in [5, 5.41) is 3.22. The molecule has 1 aliphatic heterocycles. The summed E-state index contributed by atoms with van der Waals surface area (Å²) in [7, 11) is 0. The zero-order valence-corrected chi connectivity index (χ0v) is 11.7. The zero-order chi connectivity index (χ0) is 15.3. The molecule has 2 aliphatic rings. The van der Waals surface area contributed by atoms with Gasteiger partial charge in [-0.2, -0.15) is 0 Å². The maximum Gasteiger partial charge on any atom is 0.258 e. The van der Waals surface area contributed by atoms with Crippen molar-refractivity contribution in [2.75, 3.05) is 5.32 Å². The van der Waals surface area contributed by atoms with Crippen LogP contribution in [-0.2, 0) is 0 Å². The molecule has 112 valence electrons.